The van der Waals surface area contributed by atoms with Crippen molar-refractivity contribution in [2.45, 2.75) is 38.4 Å². The van der Waals surface area contributed by atoms with Crippen LogP contribution in [0.15, 0.2) is 36.9 Å². The lowest BCUT2D eigenvalue weighted by Crippen LogP contribution is -2.53. The molecule has 0 bridgehead atoms. The van der Waals surface area contributed by atoms with Crippen LogP contribution in [0.5, 0.6) is 0 Å². The van der Waals surface area contributed by atoms with Gasteiger partial charge >= 0.3 is 5.97 Å². The highest BCUT2D eigenvalue weighted by atomic mass is 16.4. The summed E-state index contributed by atoms with van der Waals surface area (Å²) in [6.07, 6.45) is 5.22. The molecule has 1 aliphatic carbocycles. The van der Waals surface area contributed by atoms with Gasteiger partial charge in [0.25, 0.3) is 0 Å². The van der Waals surface area contributed by atoms with Crippen LogP contribution in [-0.2, 0) is 11.3 Å². The summed E-state index contributed by atoms with van der Waals surface area (Å²) in [6, 6.07) is 9.08. The lowest BCUT2D eigenvalue weighted by atomic mass is 9.85. The number of nitrogens with zero attached hydrogens (tertiary/aromatic N) is 4. The maximum atomic E-state index is 10.9. The second-order valence-electron chi connectivity index (χ2n) is 6.17. The normalized spacial score (nSPS) is 20.1. The molecule has 1 heterocycles. The summed E-state index contributed by atoms with van der Waals surface area (Å²) in [7, 11) is 0. The smallest absolute Gasteiger partial charge is 0.317 e. The molecule has 7 nitrogen and oxygen atoms in total. The first-order chi connectivity index (χ1) is 11.7. The molecule has 0 amide bonds. The second-order valence-corrected chi connectivity index (χ2v) is 6.17. The summed E-state index contributed by atoms with van der Waals surface area (Å²) in [4.78, 5) is 16.8. The highest BCUT2D eigenvalue weighted by Gasteiger charge is 2.33. The molecular weight excluding hydrogens is 306 g/mol. The van der Waals surface area contributed by atoms with E-state index in [9.17, 15) is 4.79 Å². The third kappa shape index (κ3) is 3.98. The molecule has 1 aliphatic rings. The summed E-state index contributed by atoms with van der Waals surface area (Å²) < 4.78 is 1.73. The van der Waals surface area contributed by atoms with Crippen molar-refractivity contribution in [3.63, 3.8) is 0 Å². The third-order valence-electron chi connectivity index (χ3n) is 4.59. The Kier molecular flexibility index (Phi) is 5.22. The van der Waals surface area contributed by atoms with Gasteiger partial charge in [0.15, 0.2) is 0 Å². The first kappa shape index (κ1) is 16.6. The van der Waals surface area contributed by atoms with E-state index in [0.29, 0.717) is 12.1 Å². The molecule has 7 heteroatoms. The van der Waals surface area contributed by atoms with E-state index in [4.69, 9.17) is 5.11 Å². The Morgan fingerprint density at radius 1 is 1.38 bits per heavy atom. The van der Waals surface area contributed by atoms with Crippen molar-refractivity contribution in [3.05, 3.63) is 42.5 Å². The molecule has 1 aromatic carbocycles. The maximum absolute atomic E-state index is 10.9. The Labute approximate surface area is 141 Å². The molecule has 0 radical (unpaired) electrons. The fourth-order valence-corrected chi connectivity index (χ4v) is 3.10. The van der Waals surface area contributed by atoms with Crippen molar-refractivity contribution in [3.8, 4) is 5.69 Å². The van der Waals surface area contributed by atoms with Crippen LogP contribution in [0.3, 0.4) is 0 Å². The van der Waals surface area contributed by atoms with Crippen molar-refractivity contribution in [1.29, 1.82) is 0 Å². The molecule has 2 N–H and O–H groups in total. The van der Waals surface area contributed by atoms with Crippen molar-refractivity contribution in [2.24, 2.45) is 0 Å². The van der Waals surface area contributed by atoms with E-state index in [2.05, 4.69) is 27.5 Å². The minimum Gasteiger partial charge on any atom is -0.480 e. The summed E-state index contributed by atoms with van der Waals surface area (Å²) >= 11 is 0. The Hall–Kier alpha value is -2.25. The standard InChI is InChI=1S/C17H23N5O2/c1-2-21(10-17(23)24)16-7-14(8-16)19-9-13-3-5-15(6-4-13)22-12-18-11-20-22/h3-6,11-12,14,16,19H,2,7-10H2,1H3,(H,23,24). The molecule has 24 heavy (non-hydrogen) atoms. The molecule has 128 valence electrons. The minimum atomic E-state index is -0.749. The summed E-state index contributed by atoms with van der Waals surface area (Å²) in [5.74, 6) is -0.749. The maximum Gasteiger partial charge on any atom is 0.317 e. The first-order valence-corrected chi connectivity index (χ1v) is 8.29. The SMILES string of the molecule is CCN(CC(=O)O)C1CC(NCc2ccc(-n3cncn3)cc2)C1. The van der Waals surface area contributed by atoms with Crippen LogP contribution >= 0.6 is 0 Å². The predicted octanol–water partition coefficient (Wildman–Crippen LogP) is 1.29. The van der Waals surface area contributed by atoms with Gasteiger partial charge in [0.1, 0.15) is 12.7 Å². The predicted molar refractivity (Wildman–Crippen MR) is 89.9 cm³/mol. The van der Waals surface area contributed by atoms with Crippen molar-refractivity contribution in [2.75, 3.05) is 13.1 Å². The van der Waals surface area contributed by atoms with Gasteiger partial charge in [-0.1, -0.05) is 19.1 Å². The van der Waals surface area contributed by atoms with Crippen LogP contribution in [0.25, 0.3) is 5.69 Å². The molecular formula is C17H23N5O2. The molecule has 1 fully saturated rings. The minimum absolute atomic E-state index is 0.137. The van der Waals surface area contributed by atoms with Crippen LogP contribution < -0.4 is 5.32 Å². The van der Waals surface area contributed by atoms with Gasteiger partial charge in [-0.15, -0.1) is 0 Å². The molecule has 0 aliphatic heterocycles. The monoisotopic (exact) mass is 329 g/mol. The zero-order chi connectivity index (χ0) is 16.9. The topological polar surface area (TPSA) is 83.3 Å². The number of carboxylic acids is 1. The summed E-state index contributed by atoms with van der Waals surface area (Å²) in [6.45, 7) is 3.76. The third-order valence-corrected chi connectivity index (χ3v) is 4.59. The van der Waals surface area contributed by atoms with Crippen molar-refractivity contribution >= 4 is 5.97 Å². The molecule has 0 unspecified atom stereocenters. The van der Waals surface area contributed by atoms with E-state index in [-0.39, 0.29) is 6.54 Å². The Morgan fingerprint density at radius 2 is 2.12 bits per heavy atom. The quantitative estimate of drug-likeness (QED) is 0.759. The molecule has 0 atom stereocenters. The van der Waals surface area contributed by atoms with E-state index in [1.54, 1.807) is 11.0 Å². The molecule has 1 aromatic heterocycles. The van der Waals surface area contributed by atoms with Crippen LogP contribution in [-0.4, -0.2) is 55.9 Å². The number of benzene rings is 1. The Morgan fingerprint density at radius 3 is 2.71 bits per heavy atom. The number of likely N-dealkylation sites (N-methyl/N-ethyl adjacent to an activating group) is 1. The number of rotatable bonds is 8. The Balaban J connectivity index is 1.43. The zero-order valence-electron chi connectivity index (χ0n) is 13.8. The fourth-order valence-electron chi connectivity index (χ4n) is 3.10. The second kappa shape index (κ2) is 7.55. The van der Waals surface area contributed by atoms with Crippen LogP contribution in [0.2, 0.25) is 0 Å². The summed E-state index contributed by atoms with van der Waals surface area (Å²) in [5.41, 5.74) is 2.22. The van der Waals surface area contributed by atoms with E-state index in [1.165, 1.54) is 11.9 Å². The van der Waals surface area contributed by atoms with Gasteiger partial charge in [0.05, 0.1) is 12.2 Å². The van der Waals surface area contributed by atoms with E-state index in [0.717, 1.165) is 31.6 Å². The highest BCUT2D eigenvalue weighted by molar-refractivity contribution is 5.69. The zero-order valence-corrected chi connectivity index (χ0v) is 13.8. The fraction of sp³-hybridized carbons (Fsp3) is 0.471. The molecule has 0 saturated heterocycles. The number of aliphatic carboxylic acids is 1. The molecule has 1 saturated carbocycles. The van der Waals surface area contributed by atoms with E-state index in [1.807, 2.05) is 24.0 Å². The number of hydrogen-bond donors (Lipinski definition) is 2. The Bertz CT molecular complexity index is 650. The number of nitrogens with one attached hydrogen (secondary N) is 1. The number of aromatic nitrogens is 3. The number of hydrogen-bond acceptors (Lipinski definition) is 5. The van der Waals surface area contributed by atoms with E-state index >= 15 is 0 Å². The average Bonchev–Trinajstić information content (AvgIpc) is 3.06. The highest BCUT2D eigenvalue weighted by Crippen LogP contribution is 2.25. The number of carboxylic acid groups (broad SMARTS) is 1. The average molecular weight is 329 g/mol. The van der Waals surface area contributed by atoms with Crippen molar-refractivity contribution < 1.29 is 9.90 Å². The van der Waals surface area contributed by atoms with Gasteiger partial charge in [-0.05, 0) is 37.1 Å². The van der Waals surface area contributed by atoms with Crippen LogP contribution in [0.1, 0.15) is 25.3 Å². The lowest BCUT2D eigenvalue weighted by Gasteiger charge is -2.42. The van der Waals surface area contributed by atoms with Crippen LogP contribution in [0.4, 0.5) is 0 Å². The van der Waals surface area contributed by atoms with Gasteiger partial charge in [-0.3, -0.25) is 9.69 Å². The molecule has 2 aromatic rings. The molecule has 0 spiro atoms. The van der Waals surface area contributed by atoms with Crippen LogP contribution in [0, 0.1) is 0 Å². The largest absolute Gasteiger partial charge is 0.480 e. The number of carbonyl (C=O) groups is 1. The van der Waals surface area contributed by atoms with Gasteiger partial charge in [-0.25, -0.2) is 9.67 Å². The van der Waals surface area contributed by atoms with Gasteiger partial charge in [0, 0.05) is 18.6 Å². The van der Waals surface area contributed by atoms with Gasteiger partial charge < -0.3 is 10.4 Å². The van der Waals surface area contributed by atoms with E-state index < -0.39 is 5.97 Å². The lowest BCUT2D eigenvalue weighted by molar-refractivity contribution is -0.139. The molecule has 3 rings (SSSR count). The van der Waals surface area contributed by atoms with Gasteiger partial charge in [0.2, 0.25) is 0 Å². The summed E-state index contributed by atoms with van der Waals surface area (Å²) in [5, 5.41) is 16.6. The first-order valence-electron chi connectivity index (χ1n) is 8.29. The van der Waals surface area contributed by atoms with Crippen molar-refractivity contribution in [1.82, 2.24) is 25.0 Å². The van der Waals surface area contributed by atoms with Gasteiger partial charge in [-0.2, -0.15) is 5.10 Å².